The maximum absolute atomic E-state index is 12.4. The number of para-hydroxylation sites is 1. The van der Waals surface area contributed by atoms with Gasteiger partial charge in [-0.25, -0.2) is 0 Å². The molecule has 4 nitrogen and oxygen atoms in total. The molecule has 4 heteroatoms. The number of likely N-dealkylation sites (N-methyl/N-ethyl adjacent to an activating group) is 1. The third kappa shape index (κ3) is 3.46. The zero-order valence-electron chi connectivity index (χ0n) is 12.3. The number of aromatic amines is 1. The lowest BCUT2D eigenvalue weighted by molar-refractivity contribution is 0.0376. The standard InChI is InChI=1S/C16H22N2O2/c1-4-18(11-16(2,3)20)10-15(19)13-9-17-14-8-6-5-7-12(13)14/h5-9,17,20H,4,10-11H2,1-3H3. The second-order valence-electron chi connectivity index (χ2n) is 5.79. The fourth-order valence-electron chi connectivity index (χ4n) is 2.42. The van der Waals surface area contributed by atoms with Gasteiger partial charge in [-0.15, -0.1) is 0 Å². The number of nitrogens with one attached hydrogen (secondary N) is 1. The zero-order chi connectivity index (χ0) is 14.8. The Balaban J connectivity index is 2.15. The Morgan fingerprint density at radius 3 is 2.70 bits per heavy atom. The molecule has 1 aromatic heterocycles. The molecule has 0 aliphatic rings. The first kappa shape index (κ1) is 14.8. The van der Waals surface area contributed by atoms with Gasteiger partial charge >= 0.3 is 0 Å². The molecule has 1 aromatic carbocycles. The Labute approximate surface area is 119 Å². The third-order valence-electron chi connectivity index (χ3n) is 3.31. The van der Waals surface area contributed by atoms with Crippen LogP contribution in [-0.2, 0) is 0 Å². The first-order valence-corrected chi connectivity index (χ1v) is 6.95. The first-order chi connectivity index (χ1) is 9.40. The van der Waals surface area contributed by atoms with E-state index in [1.54, 1.807) is 20.0 Å². The van der Waals surface area contributed by atoms with Crippen molar-refractivity contribution in [3.05, 3.63) is 36.0 Å². The lowest BCUT2D eigenvalue weighted by Crippen LogP contribution is -2.41. The van der Waals surface area contributed by atoms with Gasteiger partial charge in [-0.2, -0.15) is 0 Å². The molecule has 0 amide bonds. The van der Waals surface area contributed by atoms with Gasteiger partial charge in [-0.3, -0.25) is 9.69 Å². The van der Waals surface area contributed by atoms with Gasteiger partial charge < -0.3 is 10.1 Å². The number of H-pyrrole nitrogens is 1. The highest BCUT2D eigenvalue weighted by Gasteiger charge is 2.20. The topological polar surface area (TPSA) is 56.3 Å². The molecule has 0 aliphatic carbocycles. The fraction of sp³-hybridized carbons (Fsp3) is 0.438. The SMILES string of the molecule is CCN(CC(=O)c1c[nH]c2ccccc12)CC(C)(C)O. The third-order valence-corrected chi connectivity index (χ3v) is 3.31. The molecular weight excluding hydrogens is 252 g/mol. The number of rotatable bonds is 6. The molecule has 0 aliphatic heterocycles. The quantitative estimate of drug-likeness (QED) is 0.796. The van der Waals surface area contributed by atoms with Crippen LogP contribution in [0.15, 0.2) is 30.5 Å². The Morgan fingerprint density at radius 1 is 1.35 bits per heavy atom. The highest BCUT2D eigenvalue weighted by molar-refractivity contribution is 6.08. The number of carbonyl (C=O) groups is 1. The molecule has 2 aromatic rings. The van der Waals surface area contributed by atoms with Gasteiger partial charge in [0.05, 0.1) is 12.1 Å². The minimum absolute atomic E-state index is 0.0774. The predicted molar refractivity (Wildman–Crippen MR) is 81.0 cm³/mol. The molecule has 0 atom stereocenters. The van der Waals surface area contributed by atoms with Crippen molar-refractivity contribution < 1.29 is 9.90 Å². The van der Waals surface area contributed by atoms with Crippen LogP contribution in [0.2, 0.25) is 0 Å². The van der Waals surface area contributed by atoms with Gasteiger partial charge in [0.25, 0.3) is 0 Å². The number of Topliss-reactive ketones (excluding diaryl/α,β-unsaturated/α-hetero) is 1. The smallest absolute Gasteiger partial charge is 0.178 e. The van der Waals surface area contributed by atoms with E-state index in [-0.39, 0.29) is 5.78 Å². The van der Waals surface area contributed by atoms with Crippen molar-refractivity contribution in [3.63, 3.8) is 0 Å². The van der Waals surface area contributed by atoms with Gasteiger partial charge in [0, 0.05) is 29.2 Å². The van der Waals surface area contributed by atoms with Crippen LogP contribution >= 0.6 is 0 Å². The zero-order valence-corrected chi connectivity index (χ0v) is 12.3. The molecule has 0 unspecified atom stereocenters. The van der Waals surface area contributed by atoms with Crippen LogP contribution in [0.1, 0.15) is 31.1 Å². The van der Waals surface area contributed by atoms with E-state index < -0.39 is 5.60 Å². The number of carbonyl (C=O) groups excluding carboxylic acids is 1. The molecule has 0 radical (unpaired) electrons. The van der Waals surface area contributed by atoms with Gasteiger partial charge in [0.1, 0.15) is 0 Å². The normalized spacial score (nSPS) is 12.2. The summed E-state index contributed by atoms with van der Waals surface area (Å²) in [6.07, 6.45) is 1.77. The lowest BCUT2D eigenvalue weighted by Gasteiger charge is -2.27. The van der Waals surface area contributed by atoms with Crippen LogP contribution in [-0.4, -0.2) is 46.0 Å². The summed E-state index contributed by atoms with van der Waals surface area (Å²) in [4.78, 5) is 17.5. The molecule has 2 rings (SSSR count). The molecule has 0 bridgehead atoms. The van der Waals surface area contributed by atoms with E-state index in [2.05, 4.69) is 4.98 Å². The summed E-state index contributed by atoms with van der Waals surface area (Å²) >= 11 is 0. The highest BCUT2D eigenvalue weighted by atomic mass is 16.3. The number of aliphatic hydroxyl groups is 1. The van der Waals surface area contributed by atoms with Gasteiger partial charge in [0.2, 0.25) is 0 Å². The van der Waals surface area contributed by atoms with Crippen molar-refractivity contribution in [2.24, 2.45) is 0 Å². The lowest BCUT2D eigenvalue weighted by atomic mass is 10.1. The summed E-state index contributed by atoms with van der Waals surface area (Å²) in [5.41, 5.74) is 0.896. The molecule has 108 valence electrons. The highest BCUT2D eigenvalue weighted by Crippen LogP contribution is 2.18. The monoisotopic (exact) mass is 274 g/mol. The number of hydrogen-bond acceptors (Lipinski definition) is 3. The van der Waals surface area contributed by atoms with Gasteiger partial charge in [0.15, 0.2) is 5.78 Å². The second kappa shape index (κ2) is 5.77. The number of nitrogens with zero attached hydrogens (tertiary/aromatic N) is 1. The summed E-state index contributed by atoms with van der Waals surface area (Å²) in [5, 5.41) is 10.8. The Morgan fingerprint density at radius 2 is 2.05 bits per heavy atom. The van der Waals surface area contributed by atoms with Crippen molar-refractivity contribution in [1.82, 2.24) is 9.88 Å². The second-order valence-corrected chi connectivity index (χ2v) is 5.79. The molecule has 0 spiro atoms. The van der Waals surface area contributed by atoms with E-state index in [0.29, 0.717) is 13.1 Å². The van der Waals surface area contributed by atoms with Gasteiger partial charge in [-0.05, 0) is 26.5 Å². The van der Waals surface area contributed by atoms with E-state index in [1.165, 1.54) is 0 Å². The fourth-order valence-corrected chi connectivity index (χ4v) is 2.42. The summed E-state index contributed by atoms with van der Waals surface area (Å²) in [5.74, 6) is 0.0774. The summed E-state index contributed by atoms with van der Waals surface area (Å²) in [6, 6.07) is 7.78. The van der Waals surface area contributed by atoms with Crippen molar-refractivity contribution in [2.75, 3.05) is 19.6 Å². The minimum Gasteiger partial charge on any atom is -0.389 e. The van der Waals surface area contributed by atoms with Crippen molar-refractivity contribution in [1.29, 1.82) is 0 Å². The predicted octanol–water partition coefficient (Wildman–Crippen LogP) is 2.44. The van der Waals surface area contributed by atoms with Crippen LogP contribution in [0, 0.1) is 0 Å². The van der Waals surface area contributed by atoms with Crippen LogP contribution in [0.5, 0.6) is 0 Å². The molecular formula is C16H22N2O2. The number of benzene rings is 1. The van der Waals surface area contributed by atoms with E-state index in [9.17, 15) is 9.90 Å². The molecule has 1 heterocycles. The Bertz CT molecular complexity index is 596. The van der Waals surface area contributed by atoms with Crippen LogP contribution < -0.4 is 0 Å². The van der Waals surface area contributed by atoms with Crippen LogP contribution in [0.3, 0.4) is 0 Å². The minimum atomic E-state index is -0.795. The number of fused-ring (bicyclic) bond motifs is 1. The Kier molecular flexibility index (Phi) is 4.26. The number of ketones is 1. The largest absolute Gasteiger partial charge is 0.389 e. The molecule has 2 N–H and O–H groups in total. The van der Waals surface area contributed by atoms with E-state index in [0.717, 1.165) is 23.0 Å². The summed E-state index contributed by atoms with van der Waals surface area (Å²) < 4.78 is 0. The Hall–Kier alpha value is -1.65. The van der Waals surface area contributed by atoms with Gasteiger partial charge in [-0.1, -0.05) is 25.1 Å². The van der Waals surface area contributed by atoms with Crippen LogP contribution in [0.25, 0.3) is 10.9 Å². The molecule has 0 fully saturated rings. The average Bonchev–Trinajstić information content (AvgIpc) is 2.80. The van der Waals surface area contributed by atoms with Crippen molar-refractivity contribution in [2.45, 2.75) is 26.4 Å². The van der Waals surface area contributed by atoms with Crippen molar-refractivity contribution >= 4 is 16.7 Å². The molecule has 0 saturated carbocycles. The summed E-state index contributed by atoms with van der Waals surface area (Å²) in [7, 11) is 0. The maximum atomic E-state index is 12.4. The average molecular weight is 274 g/mol. The van der Waals surface area contributed by atoms with Crippen molar-refractivity contribution in [3.8, 4) is 0 Å². The number of aromatic nitrogens is 1. The van der Waals surface area contributed by atoms with E-state index in [4.69, 9.17) is 0 Å². The number of hydrogen-bond donors (Lipinski definition) is 2. The van der Waals surface area contributed by atoms with E-state index >= 15 is 0 Å². The summed E-state index contributed by atoms with van der Waals surface area (Å²) in [6.45, 7) is 7.05. The maximum Gasteiger partial charge on any atom is 0.178 e. The molecule has 20 heavy (non-hydrogen) atoms. The van der Waals surface area contributed by atoms with E-state index in [1.807, 2.05) is 36.1 Å². The first-order valence-electron chi connectivity index (χ1n) is 6.95. The van der Waals surface area contributed by atoms with Crippen LogP contribution in [0.4, 0.5) is 0 Å². The molecule has 0 saturated heterocycles.